The summed E-state index contributed by atoms with van der Waals surface area (Å²) in [6.07, 6.45) is 1.15. The van der Waals surface area contributed by atoms with Crippen LogP contribution < -0.4 is 5.73 Å². The molecule has 1 atom stereocenters. The Morgan fingerprint density at radius 1 is 1.29 bits per heavy atom. The van der Waals surface area contributed by atoms with E-state index < -0.39 is 12.0 Å². The average Bonchev–Trinajstić information content (AvgIpc) is 2.43. The molecule has 1 rings (SSSR count). The van der Waals surface area contributed by atoms with E-state index in [1.807, 2.05) is 13.8 Å². The molecule has 0 spiro atoms. The molecule has 0 aliphatic carbocycles. The van der Waals surface area contributed by atoms with Gasteiger partial charge in [-0.2, -0.15) is 0 Å². The second-order valence-electron chi connectivity index (χ2n) is 5.71. The minimum absolute atomic E-state index is 0.100. The number of likely N-dealkylation sites (N-methyl/N-ethyl adjacent to an activating group) is 1. The maximum Gasteiger partial charge on any atom is 0.335 e. The molecule has 1 aromatic rings. The molecule has 0 aromatic heterocycles. The fraction of sp³-hybridized carbons (Fsp3) is 0.500. The molecule has 3 N–H and O–H groups in total. The van der Waals surface area contributed by atoms with Crippen molar-refractivity contribution >= 4 is 11.9 Å². The first-order valence-corrected chi connectivity index (χ1v) is 7.14. The topological polar surface area (TPSA) is 83.6 Å². The highest BCUT2D eigenvalue weighted by Gasteiger charge is 2.19. The van der Waals surface area contributed by atoms with Crippen molar-refractivity contribution in [3.05, 3.63) is 35.4 Å². The van der Waals surface area contributed by atoms with Crippen LogP contribution in [-0.4, -0.2) is 41.5 Å². The van der Waals surface area contributed by atoms with Gasteiger partial charge in [-0.3, -0.25) is 4.79 Å². The van der Waals surface area contributed by atoms with Gasteiger partial charge in [-0.1, -0.05) is 32.0 Å². The first kappa shape index (κ1) is 17.2. The Morgan fingerprint density at radius 3 is 2.48 bits per heavy atom. The van der Waals surface area contributed by atoms with E-state index in [4.69, 9.17) is 10.8 Å². The van der Waals surface area contributed by atoms with Crippen molar-refractivity contribution in [1.82, 2.24) is 4.90 Å². The Hall–Kier alpha value is -1.88. The second-order valence-corrected chi connectivity index (χ2v) is 5.71. The van der Waals surface area contributed by atoms with Crippen LogP contribution in [-0.2, 0) is 11.2 Å². The Bertz CT molecular complexity index is 500. The van der Waals surface area contributed by atoms with E-state index in [0.717, 1.165) is 5.56 Å². The summed E-state index contributed by atoms with van der Waals surface area (Å²) in [6.45, 7) is 4.50. The first-order chi connectivity index (χ1) is 9.82. The maximum absolute atomic E-state index is 12.1. The minimum atomic E-state index is -0.948. The van der Waals surface area contributed by atoms with E-state index in [2.05, 4.69) is 0 Å². The Kier molecular flexibility index (Phi) is 6.37. The third-order valence-corrected chi connectivity index (χ3v) is 3.38. The smallest absolute Gasteiger partial charge is 0.335 e. The van der Waals surface area contributed by atoms with Crippen LogP contribution in [0.3, 0.4) is 0 Å². The Balaban J connectivity index is 2.63. The van der Waals surface area contributed by atoms with Crippen LogP contribution in [0.5, 0.6) is 0 Å². The molecule has 0 bridgehead atoms. The summed E-state index contributed by atoms with van der Waals surface area (Å²) >= 11 is 0. The van der Waals surface area contributed by atoms with Crippen LogP contribution in [0.4, 0.5) is 0 Å². The third-order valence-electron chi connectivity index (χ3n) is 3.38. The maximum atomic E-state index is 12.1. The van der Waals surface area contributed by atoms with Gasteiger partial charge in [0.2, 0.25) is 5.91 Å². The van der Waals surface area contributed by atoms with Gasteiger partial charge >= 0.3 is 5.97 Å². The molecule has 0 radical (unpaired) electrons. The zero-order valence-electron chi connectivity index (χ0n) is 12.9. The number of nitrogens with zero attached hydrogens (tertiary/aromatic N) is 1. The van der Waals surface area contributed by atoms with Crippen LogP contribution in [0.2, 0.25) is 0 Å². The van der Waals surface area contributed by atoms with Crippen LogP contribution in [0.25, 0.3) is 0 Å². The lowest BCUT2D eigenvalue weighted by molar-refractivity contribution is -0.131. The average molecular weight is 292 g/mol. The van der Waals surface area contributed by atoms with Gasteiger partial charge in [0.1, 0.15) is 0 Å². The number of aromatic carboxylic acids is 1. The molecule has 0 aliphatic rings. The largest absolute Gasteiger partial charge is 0.478 e. The number of amides is 1. The molecule has 0 heterocycles. The predicted molar refractivity (Wildman–Crippen MR) is 82.2 cm³/mol. The molecule has 1 amide bonds. The lowest BCUT2D eigenvalue weighted by Crippen LogP contribution is -2.43. The zero-order valence-corrected chi connectivity index (χ0v) is 12.9. The quantitative estimate of drug-likeness (QED) is 0.802. The number of carbonyl (C=O) groups excluding carboxylic acids is 1. The van der Waals surface area contributed by atoms with Gasteiger partial charge in [-0.25, -0.2) is 4.79 Å². The van der Waals surface area contributed by atoms with E-state index in [0.29, 0.717) is 25.3 Å². The number of rotatable bonds is 7. The van der Waals surface area contributed by atoms with Gasteiger partial charge in [0.15, 0.2) is 0 Å². The standard InChI is InChI=1S/C16H24N2O3/c1-11(2)10-14(17)15(19)18(3)9-8-12-6-4-5-7-13(12)16(20)21/h4-7,11,14H,8-10,17H2,1-3H3,(H,20,21). The van der Waals surface area contributed by atoms with Gasteiger partial charge in [0.25, 0.3) is 0 Å². The van der Waals surface area contributed by atoms with Gasteiger partial charge in [-0.15, -0.1) is 0 Å². The fourth-order valence-corrected chi connectivity index (χ4v) is 2.24. The van der Waals surface area contributed by atoms with E-state index in [1.165, 1.54) is 0 Å². The van der Waals surface area contributed by atoms with Gasteiger partial charge in [0, 0.05) is 13.6 Å². The van der Waals surface area contributed by atoms with Crippen LogP contribution in [0.1, 0.15) is 36.2 Å². The number of benzene rings is 1. The molecule has 5 heteroatoms. The molecule has 0 saturated carbocycles. The van der Waals surface area contributed by atoms with E-state index >= 15 is 0 Å². The molecule has 21 heavy (non-hydrogen) atoms. The van der Waals surface area contributed by atoms with E-state index in [9.17, 15) is 9.59 Å². The summed E-state index contributed by atoms with van der Waals surface area (Å²) in [5.74, 6) is -0.683. The molecular weight excluding hydrogens is 268 g/mol. The Morgan fingerprint density at radius 2 is 1.90 bits per heavy atom. The van der Waals surface area contributed by atoms with Crippen LogP contribution >= 0.6 is 0 Å². The number of carboxylic acid groups (broad SMARTS) is 1. The normalized spacial score (nSPS) is 12.2. The van der Waals surface area contributed by atoms with Crippen molar-refractivity contribution in [1.29, 1.82) is 0 Å². The minimum Gasteiger partial charge on any atom is -0.478 e. The molecule has 0 fully saturated rings. The number of carboxylic acids is 1. The molecule has 1 unspecified atom stereocenters. The first-order valence-electron chi connectivity index (χ1n) is 7.14. The molecule has 0 saturated heterocycles. The highest BCUT2D eigenvalue weighted by molar-refractivity contribution is 5.89. The van der Waals surface area contributed by atoms with Crippen molar-refractivity contribution in [3.8, 4) is 0 Å². The van der Waals surface area contributed by atoms with E-state index in [-0.39, 0.29) is 11.5 Å². The van der Waals surface area contributed by atoms with Crippen molar-refractivity contribution < 1.29 is 14.7 Å². The second kappa shape index (κ2) is 7.78. The molecule has 0 aliphatic heterocycles. The summed E-state index contributed by atoms with van der Waals surface area (Å²) < 4.78 is 0. The number of hydrogen-bond donors (Lipinski definition) is 2. The summed E-state index contributed by atoms with van der Waals surface area (Å²) in [5.41, 5.74) is 6.89. The third kappa shape index (κ3) is 5.19. The number of hydrogen-bond acceptors (Lipinski definition) is 3. The fourth-order valence-electron chi connectivity index (χ4n) is 2.24. The highest BCUT2D eigenvalue weighted by atomic mass is 16.4. The number of nitrogens with two attached hydrogens (primary N) is 1. The van der Waals surface area contributed by atoms with Crippen LogP contribution in [0.15, 0.2) is 24.3 Å². The van der Waals surface area contributed by atoms with E-state index in [1.54, 1.807) is 36.2 Å². The van der Waals surface area contributed by atoms with Crippen molar-refractivity contribution in [2.75, 3.05) is 13.6 Å². The Labute approximate surface area is 125 Å². The van der Waals surface area contributed by atoms with Crippen molar-refractivity contribution in [2.45, 2.75) is 32.7 Å². The van der Waals surface area contributed by atoms with Gasteiger partial charge in [0.05, 0.1) is 11.6 Å². The number of carbonyl (C=O) groups is 2. The summed E-state index contributed by atoms with van der Waals surface area (Å²) in [4.78, 5) is 24.8. The molecule has 5 nitrogen and oxygen atoms in total. The predicted octanol–water partition coefficient (Wildman–Crippen LogP) is 1.76. The summed E-state index contributed by atoms with van der Waals surface area (Å²) in [5, 5.41) is 9.13. The van der Waals surface area contributed by atoms with Gasteiger partial charge < -0.3 is 15.7 Å². The van der Waals surface area contributed by atoms with Crippen LogP contribution in [0, 0.1) is 5.92 Å². The summed E-state index contributed by atoms with van der Waals surface area (Å²) in [6, 6.07) is 6.35. The molecule has 116 valence electrons. The van der Waals surface area contributed by atoms with Crippen molar-refractivity contribution in [3.63, 3.8) is 0 Å². The zero-order chi connectivity index (χ0) is 16.0. The lowest BCUT2D eigenvalue weighted by Gasteiger charge is -2.22. The van der Waals surface area contributed by atoms with Gasteiger partial charge in [-0.05, 0) is 30.4 Å². The monoisotopic (exact) mass is 292 g/mol. The highest BCUT2D eigenvalue weighted by Crippen LogP contribution is 2.11. The SMILES string of the molecule is CC(C)CC(N)C(=O)N(C)CCc1ccccc1C(=O)O. The summed E-state index contributed by atoms with van der Waals surface area (Å²) in [7, 11) is 1.70. The molecular formula is C16H24N2O3. The lowest BCUT2D eigenvalue weighted by atomic mass is 10.0. The van der Waals surface area contributed by atoms with Crippen molar-refractivity contribution in [2.24, 2.45) is 11.7 Å². The molecule has 1 aromatic carbocycles.